The lowest BCUT2D eigenvalue weighted by atomic mass is 10.0. The fourth-order valence-corrected chi connectivity index (χ4v) is 3.49. The van der Waals surface area contributed by atoms with Crippen molar-refractivity contribution < 1.29 is 4.79 Å². The van der Waals surface area contributed by atoms with Crippen LogP contribution < -0.4 is 5.32 Å². The Balaban J connectivity index is 1.87. The molecule has 2 rings (SSSR count). The molecule has 4 heteroatoms. The van der Waals surface area contributed by atoms with Gasteiger partial charge in [0, 0.05) is 19.6 Å². The molecule has 0 aromatic heterocycles. The van der Waals surface area contributed by atoms with Crippen molar-refractivity contribution in [1.82, 2.24) is 10.2 Å². The maximum Gasteiger partial charge on any atom is 0.227 e. The fourth-order valence-electron chi connectivity index (χ4n) is 2.41. The van der Waals surface area contributed by atoms with Gasteiger partial charge in [-0.25, -0.2) is 0 Å². The van der Waals surface area contributed by atoms with Crippen LogP contribution in [-0.4, -0.2) is 48.5 Å². The molecule has 2 aliphatic rings. The number of nitrogens with one attached hydrogen (secondary N) is 1. The summed E-state index contributed by atoms with van der Waals surface area (Å²) in [6, 6.07) is 0.499. The van der Waals surface area contributed by atoms with Gasteiger partial charge in [-0.15, -0.1) is 0 Å². The summed E-state index contributed by atoms with van der Waals surface area (Å²) in [5, 5.41) is 3.26. The van der Waals surface area contributed by atoms with Gasteiger partial charge in [-0.3, -0.25) is 4.79 Å². The van der Waals surface area contributed by atoms with Gasteiger partial charge < -0.3 is 10.2 Å². The second-order valence-electron chi connectivity index (χ2n) is 4.48. The SMILES string of the molecule is CN(C(=O)C1CCNC1)C1CCSCC1. The van der Waals surface area contributed by atoms with Crippen molar-refractivity contribution in [3.05, 3.63) is 0 Å². The van der Waals surface area contributed by atoms with E-state index in [0.717, 1.165) is 19.5 Å². The molecule has 0 radical (unpaired) electrons. The third kappa shape index (κ3) is 2.67. The van der Waals surface area contributed by atoms with Crippen LogP contribution in [0.5, 0.6) is 0 Å². The lowest BCUT2D eigenvalue weighted by Gasteiger charge is -2.32. The molecule has 0 aromatic rings. The van der Waals surface area contributed by atoms with Crippen molar-refractivity contribution in [2.24, 2.45) is 5.92 Å². The smallest absolute Gasteiger partial charge is 0.227 e. The molecule has 0 aromatic carbocycles. The summed E-state index contributed by atoms with van der Waals surface area (Å²) in [7, 11) is 1.99. The van der Waals surface area contributed by atoms with Crippen LogP contribution in [0.3, 0.4) is 0 Å². The number of amides is 1. The Bertz CT molecular complexity index is 223. The van der Waals surface area contributed by atoms with E-state index < -0.39 is 0 Å². The lowest BCUT2D eigenvalue weighted by Crippen LogP contribution is -2.42. The van der Waals surface area contributed by atoms with Gasteiger partial charge in [0.25, 0.3) is 0 Å². The second-order valence-corrected chi connectivity index (χ2v) is 5.71. The highest BCUT2D eigenvalue weighted by molar-refractivity contribution is 7.99. The third-order valence-corrected chi connectivity index (χ3v) is 4.54. The zero-order valence-electron chi connectivity index (χ0n) is 9.37. The van der Waals surface area contributed by atoms with Gasteiger partial charge in [-0.05, 0) is 37.3 Å². The standard InChI is InChI=1S/C11H20N2OS/c1-13(10-3-6-15-7-4-10)11(14)9-2-5-12-8-9/h9-10,12H,2-8H2,1H3. The zero-order valence-corrected chi connectivity index (χ0v) is 10.2. The molecule has 0 bridgehead atoms. The number of hydrogen-bond acceptors (Lipinski definition) is 3. The Morgan fingerprint density at radius 3 is 2.67 bits per heavy atom. The van der Waals surface area contributed by atoms with Gasteiger partial charge in [-0.1, -0.05) is 0 Å². The molecule has 1 unspecified atom stereocenters. The average Bonchev–Trinajstić information content (AvgIpc) is 2.82. The van der Waals surface area contributed by atoms with Crippen LogP contribution in [0.4, 0.5) is 0 Å². The Morgan fingerprint density at radius 2 is 2.07 bits per heavy atom. The van der Waals surface area contributed by atoms with E-state index in [4.69, 9.17) is 0 Å². The zero-order chi connectivity index (χ0) is 10.7. The highest BCUT2D eigenvalue weighted by Gasteiger charge is 2.29. The minimum atomic E-state index is 0.240. The fraction of sp³-hybridized carbons (Fsp3) is 0.909. The van der Waals surface area contributed by atoms with Crippen molar-refractivity contribution in [2.75, 3.05) is 31.6 Å². The first-order valence-corrected chi connectivity index (χ1v) is 6.99. The van der Waals surface area contributed by atoms with Crippen molar-refractivity contribution in [3.63, 3.8) is 0 Å². The molecule has 2 aliphatic heterocycles. The van der Waals surface area contributed by atoms with E-state index in [2.05, 4.69) is 5.32 Å². The highest BCUT2D eigenvalue weighted by Crippen LogP contribution is 2.23. The van der Waals surface area contributed by atoms with Crippen molar-refractivity contribution in [3.8, 4) is 0 Å². The molecule has 3 nitrogen and oxygen atoms in total. The summed E-state index contributed by atoms with van der Waals surface area (Å²) >= 11 is 2.01. The summed E-state index contributed by atoms with van der Waals surface area (Å²) in [5.74, 6) is 3.03. The quantitative estimate of drug-likeness (QED) is 0.764. The molecule has 1 N–H and O–H groups in total. The molecule has 2 saturated heterocycles. The number of rotatable bonds is 2. The Hall–Kier alpha value is -0.220. The van der Waals surface area contributed by atoms with Crippen molar-refractivity contribution in [2.45, 2.75) is 25.3 Å². The van der Waals surface area contributed by atoms with E-state index in [-0.39, 0.29) is 5.92 Å². The molecular weight excluding hydrogens is 208 g/mol. The van der Waals surface area contributed by atoms with Crippen LogP contribution in [-0.2, 0) is 4.79 Å². The van der Waals surface area contributed by atoms with Crippen molar-refractivity contribution >= 4 is 17.7 Å². The van der Waals surface area contributed by atoms with E-state index in [0.29, 0.717) is 11.9 Å². The highest BCUT2D eigenvalue weighted by atomic mass is 32.2. The topological polar surface area (TPSA) is 32.3 Å². The summed E-state index contributed by atoms with van der Waals surface area (Å²) in [6.45, 7) is 1.88. The van der Waals surface area contributed by atoms with Crippen LogP contribution >= 0.6 is 11.8 Å². The minimum Gasteiger partial charge on any atom is -0.342 e. The first kappa shape index (κ1) is 11.3. The van der Waals surface area contributed by atoms with Gasteiger partial charge in [0.15, 0.2) is 0 Å². The Kier molecular flexibility index (Phi) is 3.92. The summed E-state index contributed by atoms with van der Waals surface area (Å²) < 4.78 is 0. The molecule has 2 fully saturated rings. The van der Waals surface area contributed by atoms with Crippen molar-refractivity contribution in [1.29, 1.82) is 0 Å². The molecule has 86 valence electrons. The first-order chi connectivity index (χ1) is 7.29. The van der Waals surface area contributed by atoms with Gasteiger partial charge in [-0.2, -0.15) is 11.8 Å². The average molecular weight is 228 g/mol. The number of hydrogen-bond donors (Lipinski definition) is 1. The first-order valence-electron chi connectivity index (χ1n) is 5.84. The van der Waals surface area contributed by atoms with Gasteiger partial charge in [0.05, 0.1) is 5.92 Å². The maximum atomic E-state index is 12.1. The van der Waals surface area contributed by atoms with Crippen LogP contribution in [0.15, 0.2) is 0 Å². The molecule has 0 saturated carbocycles. The largest absolute Gasteiger partial charge is 0.342 e. The minimum absolute atomic E-state index is 0.240. The number of carbonyl (C=O) groups is 1. The van der Waals surface area contributed by atoms with E-state index in [9.17, 15) is 4.79 Å². The Labute approximate surface area is 96.0 Å². The van der Waals surface area contributed by atoms with Gasteiger partial charge >= 0.3 is 0 Å². The molecule has 15 heavy (non-hydrogen) atoms. The van der Waals surface area contributed by atoms with E-state index in [1.165, 1.54) is 24.3 Å². The molecule has 0 spiro atoms. The summed E-state index contributed by atoms with van der Waals surface area (Å²) in [5.41, 5.74) is 0. The molecule has 1 amide bonds. The van der Waals surface area contributed by atoms with Crippen LogP contribution in [0.25, 0.3) is 0 Å². The monoisotopic (exact) mass is 228 g/mol. The number of carbonyl (C=O) groups excluding carboxylic acids is 1. The summed E-state index contributed by atoms with van der Waals surface area (Å²) in [4.78, 5) is 14.1. The Morgan fingerprint density at radius 1 is 1.33 bits per heavy atom. The molecule has 0 aliphatic carbocycles. The maximum absolute atomic E-state index is 12.1. The second kappa shape index (κ2) is 5.21. The van der Waals surface area contributed by atoms with Gasteiger partial charge in [0.1, 0.15) is 0 Å². The normalized spacial score (nSPS) is 27.9. The van der Waals surface area contributed by atoms with Crippen LogP contribution in [0, 0.1) is 5.92 Å². The van der Waals surface area contributed by atoms with Crippen LogP contribution in [0.1, 0.15) is 19.3 Å². The number of thioether (sulfide) groups is 1. The van der Waals surface area contributed by atoms with E-state index in [1.54, 1.807) is 0 Å². The predicted octanol–water partition coefficient (Wildman–Crippen LogP) is 0.950. The van der Waals surface area contributed by atoms with Crippen LogP contribution in [0.2, 0.25) is 0 Å². The molecule has 2 heterocycles. The summed E-state index contributed by atoms with van der Waals surface area (Å²) in [6.07, 6.45) is 3.37. The van der Waals surface area contributed by atoms with E-state index >= 15 is 0 Å². The number of nitrogens with zero attached hydrogens (tertiary/aromatic N) is 1. The predicted molar refractivity (Wildman–Crippen MR) is 64.1 cm³/mol. The van der Waals surface area contributed by atoms with Gasteiger partial charge in [0.2, 0.25) is 5.91 Å². The lowest BCUT2D eigenvalue weighted by molar-refractivity contribution is -0.135. The van der Waals surface area contributed by atoms with E-state index in [1.807, 2.05) is 23.7 Å². The molecular formula is C11H20N2OS. The third-order valence-electron chi connectivity index (χ3n) is 3.50. The molecule has 1 atom stereocenters.